The Labute approximate surface area is 113 Å². The molecule has 1 aromatic rings. The third kappa shape index (κ3) is 4.16. The number of carboxylic acids is 1. The second kappa shape index (κ2) is 5.82. The Morgan fingerprint density at radius 2 is 2.10 bits per heavy atom. The van der Waals surface area contributed by atoms with E-state index in [1.54, 1.807) is 0 Å². The molecule has 0 unspecified atom stereocenters. The lowest BCUT2D eigenvalue weighted by molar-refractivity contribution is -0.384. The fraction of sp³-hybridized carbons (Fsp3) is 0.300. The molecule has 0 spiro atoms. The summed E-state index contributed by atoms with van der Waals surface area (Å²) in [5.74, 6) is -3.08. The van der Waals surface area contributed by atoms with E-state index in [0.717, 1.165) is 6.26 Å². The number of nitro groups is 1. The smallest absolute Gasteiger partial charge is 0.338 e. The van der Waals surface area contributed by atoms with Gasteiger partial charge in [0.15, 0.2) is 0 Å². The van der Waals surface area contributed by atoms with Crippen LogP contribution in [0, 0.1) is 15.9 Å². The Kier molecular flexibility index (Phi) is 4.61. The summed E-state index contributed by atoms with van der Waals surface area (Å²) in [4.78, 5) is 20.6. The van der Waals surface area contributed by atoms with Crippen molar-refractivity contribution in [3.8, 4) is 0 Å². The van der Waals surface area contributed by atoms with Crippen molar-refractivity contribution in [2.75, 3.05) is 23.9 Å². The monoisotopic (exact) mass is 306 g/mol. The molecule has 0 aromatic heterocycles. The van der Waals surface area contributed by atoms with E-state index >= 15 is 0 Å². The molecule has 0 saturated heterocycles. The third-order valence-corrected chi connectivity index (χ3v) is 3.25. The van der Waals surface area contributed by atoms with Crippen LogP contribution in [-0.4, -0.2) is 43.0 Å². The molecule has 0 aliphatic rings. The van der Waals surface area contributed by atoms with Crippen molar-refractivity contribution in [1.82, 2.24) is 0 Å². The number of halogens is 1. The highest BCUT2D eigenvalue weighted by molar-refractivity contribution is 7.90. The van der Waals surface area contributed by atoms with E-state index in [0.29, 0.717) is 12.1 Å². The summed E-state index contributed by atoms with van der Waals surface area (Å²) in [5, 5.41) is 21.9. The first kappa shape index (κ1) is 15.8. The Balaban J connectivity index is 3.09. The number of anilines is 1. The van der Waals surface area contributed by atoms with Crippen molar-refractivity contribution in [2.24, 2.45) is 0 Å². The molecule has 20 heavy (non-hydrogen) atoms. The number of benzene rings is 1. The number of carbonyl (C=O) groups is 1. The maximum absolute atomic E-state index is 13.4. The molecule has 0 heterocycles. The molecule has 0 atom stereocenters. The minimum Gasteiger partial charge on any atom is -0.478 e. The lowest BCUT2D eigenvalue weighted by atomic mass is 10.1. The summed E-state index contributed by atoms with van der Waals surface area (Å²) in [6, 6.07) is 1.24. The van der Waals surface area contributed by atoms with Crippen LogP contribution >= 0.6 is 0 Å². The fourth-order valence-electron chi connectivity index (χ4n) is 1.39. The van der Waals surface area contributed by atoms with E-state index in [1.165, 1.54) is 0 Å². The minimum atomic E-state index is -3.28. The highest BCUT2D eigenvalue weighted by atomic mass is 32.2. The van der Waals surface area contributed by atoms with Crippen LogP contribution in [0.2, 0.25) is 0 Å². The zero-order chi connectivity index (χ0) is 15.5. The van der Waals surface area contributed by atoms with Crippen LogP contribution in [0.1, 0.15) is 10.4 Å². The zero-order valence-electron chi connectivity index (χ0n) is 10.3. The number of carboxylic acid groups (broad SMARTS) is 1. The molecule has 2 N–H and O–H groups in total. The first-order valence-electron chi connectivity index (χ1n) is 5.24. The number of hydrogen-bond acceptors (Lipinski definition) is 6. The van der Waals surface area contributed by atoms with Gasteiger partial charge in [-0.2, -0.15) is 0 Å². The van der Waals surface area contributed by atoms with E-state index < -0.39 is 37.8 Å². The van der Waals surface area contributed by atoms with Crippen molar-refractivity contribution in [1.29, 1.82) is 0 Å². The molecular formula is C10H11FN2O6S. The van der Waals surface area contributed by atoms with Gasteiger partial charge < -0.3 is 10.4 Å². The number of aromatic carboxylic acids is 1. The number of sulfone groups is 1. The SMILES string of the molecule is CS(=O)(=O)CCNc1cc(F)c(C(=O)O)cc1[N+](=O)[O-]. The number of rotatable bonds is 6. The van der Waals surface area contributed by atoms with Crippen molar-refractivity contribution < 1.29 is 27.6 Å². The summed E-state index contributed by atoms with van der Waals surface area (Å²) in [6.45, 7) is -0.161. The van der Waals surface area contributed by atoms with E-state index in [4.69, 9.17) is 5.11 Å². The number of nitrogens with one attached hydrogen (secondary N) is 1. The van der Waals surface area contributed by atoms with Gasteiger partial charge in [-0.25, -0.2) is 17.6 Å². The molecule has 0 aliphatic carbocycles. The Morgan fingerprint density at radius 3 is 2.55 bits per heavy atom. The van der Waals surface area contributed by atoms with Gasteiger partial charge in [0.25, 0.3) is 5.69 Å². The number of nitrogens with zero attached hydrogens (tertiary/aromatic N) is 1. The van der Waals surface area contributed by atoms with Gasteiger partial charge in [-0.3, -0.25) is 10.1 Å². The van der Waals surface area contributed by atoms with Gasteiger partial charge in [-0.15, -0.1) is 0 Å². The van der Waals surface area contributed by atoms with Gasteiger partial charge in [-0.05, 0) is 0 Å². The molecular weight excluding hydrogens is 295 g/mol. The van der Waals surface area contributed by atoms with Crippen molar-refractivity contribution in [3.05, 3.63) is 33.6 Å². The molecule has 110 valence electrons. The Bertz CT molecular complexity index is 658. The quantitative estimate of drug-likeness (QED) is 0.590. The van der Waals surface area contributed by atoms with Crippen LogP contribution in [0.3, 0.4) is 0 Å². The third-order valence-electron chi connectivity index (χ3n) is 2.30. The predicted octanol–water partition coefficient (Wildman–Crippen LogP) is 0.889. The van der Waals surface area contributed by atoms with E-state index in [-0.39, 0.29) is 18.0 Å². The summed E-state index contributed by atoms with van der Waals surface area (Å²) >= 11 is 0. The maximum atomic E-state index is 13.4. The predicted molar refractivity (Wildman–Crippen MR) is 68.2 cm³/mol. The Hall–Kier alpha value is -2.23. The van der Waals surface area contributed by atoms with Crippen molar-refractivity contribution in [2.45, 2.75) is 0 Å². The zero-order valence-corrected chi connectivity index (χ0v) is 11.1. The second-order valence-corrected chi connectivity index (χ2v) is 6.23. The topological polar surface area (TPSA) is 127 Å². The van der Waals surface area contributed by atoms with Gasteiger partial charge in [0.05, 0.1) is 10.7 Å². The fourth-order valence-corrected chi connectivity index (χ4v) is 1.86. The lowest BCUT2D eigenvalue weighted by Gasteiger charge is -2.08. The molecule has 0 bridgehead atoms. The molecule has 0 radical (unpaired) electrons. The molecule has 0 amide bonds. The molecule has 0 aliphatic heterocycles. The van der Waals surface area contributed by atoms with Gasteiger partial charge in [0.2, 0.25) is 0 Å². The van der Waals surface area contributed by atoms with Gasteiger partial charge in [0.1, 0.15) is 26.9 Å². The highest BCUT2D eigenvalue weighted by Gasteiger charge is 2.21. The van der Waals surface area contributed by atoms with E-state index in [1.807, 2.05) is 0 Å². The first-order valence-corrected chi connectivity index (χ1v) is 7.30. The van der Waals surface area contributed by atoms with Gasteiger partial charge >= 0.3 is 5.97 Å². The van der Waals surface area contributed by atoms with E-state index in [9.17, 15) is 27.7 Å². The van der Waals surface area contributed by atoms with Crippen molar-refractivity contribution >= 4 is 27.2 Å². The lowest BCUT2D eigenvalue weighted by Crippen LogP contribution is -2.15. The van der Waals surface area contributed by atoms with Crippen LogP contribution in [0.5, 0.6) is 0 Å². The number of hydrogen-bond donors (Lipinski definition) is 2. The minimum absolute atomic E-state index is 0.161. The van der Waals surface area contributed by atoms with Crippen molar-refractivity contribution in [3.63, 3.8) is 0 Å². The molecule has 0 saturated carbocycles. The normalized spacial score (nSPS) is 11.1. The van der Waals surface area contributed by atoms with Crippen LogP contribution in [-0.2, 0) is 9.84 Å². The molecule has 0 fully saturated rings. The van der Waals surface area contributed by atoms with Crippen LogP contribution in [0.15, 0.2) is 12.1 Å². The Morgan fingerprint density at radius 1 is 1.50 bits per heavy atom. The average Bonchev–Trinajstić information content (AvgIpc) is 2.26. The average molecular weight is 306 g/mol. The van der Waals surface area contributed by atoms with Gasteiger partial charge in [0, 0.05) is 24.9 Å². The summed E-state index contributed by atoms with van der Waals surface area (Å²) < 4.78 is 35.3. The second-order valence-electron chi connectivity index (χ2n) is 3.97. The summed E-state index contributed by atoms with van der Waals surface area (Å²) in [7, 11) is -3.28. The van der Waals surface area contributed by atoms with E-state index in [2.05, 4.69) is 5.32 Å². The maximum Gasteiger partial charge on any atom is 0.338 e. The van der Waals surface area contributed by atoms with Gasteiger partial charge in [-0.1, -0.05) is 0 Å². The number of nitro benzene ring substituents is 1. The molecule has 1 aromatic carbocycles. The summed E-state index contributed by atoms with van der Waals surface area (Å²) in [5.41, 5.74) is -1.75. The van der Waals surface area contributed by atoms with Crippen LogP contribution < -0.4 is 5.32 Å². The molecule has 10 heteroatoms. The first-order chi connectivity index (χ1) is 9.11. The summed E-state index contributed by atoms with van der Waals surface area (Å²) in [6.07, 6.45) is 0.983. The molecule has 1 rings (SSSR count). The highest BCUT2D eigenvalue weighted by Crippen LogP contribution is 2.27. The molecule has 8 nitrogen and oxygen atoms in total. The van der Waals surface area contributed by atoms with Crippen LogP contribution in [0.4, 0.5) is 15.8 Å². The largest absolute Gasteiger partial charge is 0.478 e. The standard InChI is InChI=1S/C10H11FN2O6S/c1-20(18,19)3-2-12-8-5-7(11)6(10(14)15)4-9(8)13(16)17/h4-5,12H,2-3H2,1H3,(H,14,15). The van der Waals surface area contributed by atoms with Crippen LogP contribution in [0.25, 0.3) is 0 Å².